The van der Waals surface area contributed by atoms with E-state index in [1.807, 2.05) is 0 Å². The maximum absolute atomic E-state index is 8.74. The zero-order valence-corrected chi connectivity index (χ0v) is 19.0. The monoisotopic (exact) mass is 397 g/mol. The Morgan fingerprint density at radius 1 is 0.538 bits per heavy atom. The second-order valence-corrected chi connectivity index (χ2v) is 7.50. The van der Waals surface area contributed by atoms with Gasteiger partial charge >= 0.3 is 10.4 Å². The summed E-state index contributed by atoms with van der Waals surface area (Å²) in [7, 11) is -4.67. The number of hydrogen-bond acceptors (Lipinski definition) is 3. The van der Waals surface area contributed by atoms with E-state index < -0.39 is 10.4 Å². The fraction of sp³-hybridized carbons (Fsp3) is 1.00. The summed E-state index contributed by atoms with van der Waals surface area (Å²) in [6.07, 6.45) is 17.4. The standard InChI is InChI=1S/C14H30.C6H15N.H2O4S/c1-3-5-7-9-11-13-14-12-10-8-6-4-2;1-4-7(5-2)6-3;1-5(2,3)4/h3-14H2,1-2H3;4-6H2,1-3H3;(H2,1,2,3,4). The van der Waals surface area contributed by atoms with Crippen LogP contribution in [-0.4, -0.2) is 42.1 Å². The van der Waals surface area contributed by atoms with Crippen molar-refractivity contribution in [1.82, 2.24) is 4.90 Å². The highest BCUT2D eigenvalue weighted by atomic mass is 32.3. The van der Waals surface area contributed by atoms with E-state index in [4.69, 9.17) is 17.5 Å². The lowest BCUT2D eigenvalue weighted by Gasteiger charge is -2.13. The Hall–Kier alpha value is -0.170. The maximum atomic E-state index is 8.74. The molecule has 0 unspecified atom stereocenters. The first-order valence-corrected chi connectivity index (χ1v) is 12.1. The average molecular weight is 398 g/mol. The molecular weight excluding hydrogens is 350 g/mol. The van der Waals surface area contributed by atoms with Crippen molar-refractivity contribution in [1.29, 1.82) is 0 Å². The Balaban J connectivity index is -0.000000366. The van der Waals surface area contributed by atoms with Gasteiger partial charge in [0.1, 0.15) is 0 Å². The minimum Gasteiger partial charge on any atom is -0.304 e. The summed E-state index contributed by atoms with van der Waals surface area (Å²) in [6.45, 7) is 14.7. The van der Waals surface area contributed by atoms with E-state index in [9.17, 15) is 0 Å². The van der Waals surface area contributed by atoms with Crippen molar-refractivity contribution in [3.05, 3.63) is 0 Å². The largest absolute Gasteiger partial charge is 0.394 e. The zero-order valence-electron chi connectivity index (χ0n) is 18.2. The maximum Gasteiger partial charge on any atom is 0.394 e. The fourth-order valence-electron chi connectivity index (χ4n) is 2.59. The molecule has 0 saturated carbocycles. The molecule has 0 aromatic heterocycles. The molecule has 0 fully saturated rings. The molecule has 26 heavy (non-hydrogen) atoms. The Labute approximate surface area is 164 Å². The highest BCUT2D eigenvalue weighted by Crippen LogP contribution is 2.11. The van der Waals surface area contributed by atoms with Crippen LogP contribution in [0.2, 0.25) is 0 Å². The molecular formula is C20H47NO4S. The van der Waals surface area contributed by atoms with Gasteiger partial charge in [0.2, 0.25) is 0 Å². The summed E-state index contributed by atoms with van der Waals surface area (Å²) in [4.78, 5) is 2.38. The Bertz CT molecular complexity index is 305. The summed E-state index contributed by atoms with van der Waals surface area (Å²) in [5.74, 6) is 0. The first-order chi connectivity index (χ1) is 12.3. The van der Waals surface area contributed by atoms with Crippen molar-refractivity contribution in [2.24, 2.45) is 0 Å². The number of rotatable bonds is 14. The van der Waals surface area contributed by atoms with Gasteiger partial charge in [-0.3, -0.25) is 9.11 Å². The van der Waals surface area contributed by atoms with Crippen LogP contribution < -0.4 is 0 Å². The van der Waals surface area contributed by atoms with E-state index in [0.717, 1.165) is 0 Å². The molecule has 0 spiro atoms. The van der Waals surface area contributed by atoms with Crippen molar-refractivity contribution in [3.63, 3.8) is 0 Å². The van der Waals surface area contributed by atoms with Gasteiger partial charge in [-0.25, -0.2) is 0 Å². The van der Waals surface area contributed by atoms with Crippen LogP contribution in [0, 0.1) is 0 Å². The lowest BCUT2D eigenvalue weighted by Crippen LogP contribution is -2.21. The predicted octanol–water partition coefficient (Wildman–Crippen LogP) is 6.40. The number of unbranched alkanes of at least 4 members (excludes halogenated alkanes) is 11. The van der Waals surface area contributed by atoms with Gasteiger partial charge in [-0.1, -0.05) is 112 Å². The molecule has 0 amide bonds. The van der Waals surface area contributed by atoms with E-state index in [0.29, 0.717) is 0 Å². The molecule has 0 aromatic carbocycles. The van der Waals surface area contributed by atoms with Crippen molar-refractivity contribution in [2.75, 3.05) is 19.6 Å². The highest BCUT2D eigenvalue weighted by molar-refractivity contribution is 7.79. The Kier molecular flexibility index (Phi) is 29.2. The van der Waals surface area contributed by atoms with Gasteiger partial charge < -0.3 is 4.90 Å². The van der Waals surface area contributed by atoms with Gasteiger partial charge in [0, 0.05) is 0 Å². The van der Waals surface area contributed by atoms with Crippen molar-refractivity contribution >= 4 is 10.4 Å². The minimum absolute atomic E-state index is 1.19. The van der Waals surface area contributed by atoms with Crippen LogP contribution in [0.3, 0.4) is 0 Å². The third-order valence-corrected chi connectivity index (χ3v) is 4.30. The molecule has 0 heterocycles. The van der Waals surface area contributed by atoms with E-state index in [1.165, 1.54) is 96.7 Å². The van der Waals surface area contributed by atoms with E-state index in [2.05, 4.69) is 39.5 Å². The molecule has 0 bridgehead atoms. The molecule has 6 heteroatoms. The smallest absolute Gasteiger partial charge is 0.304 e. The van der Waals surface area contributed by atoms with Gasteiger partial charge in [-0.2, -0.15) is 8.42 Å². The summed E-state index contributed by atoms with van der Waals surface area (Å²) in [6, 6.07) is 0. The van der Waals surface area contributed by atoms with Gasteiger partial charge in [0.15, 0.2) is 0 Å². The van der Waals surface area contributed by atoms with Gasteiger partial charge in [0.05, 0.1) is 0 Å². The van der Waals surface area contributed by atoms with Crippen LogP contribution in [0.25, 0.3) is 0 Å². The van der Waals surface area contributed by atoms with Gasteiger partial charge in [0.25, 0.3) is 0 Å². The summed E-state index contributed by atoms with van der Waals surface area (Å²) >= 11 is 0. The third-order valence-electron chi connectivity index (χ3n) is 4.30. The van der Waals surface area contributed by atoms with Crippen LogP contribution in [0.4, 0.5) is 0 Å². The molecule has 2 N–H and O–H groups in total. The third kappa shape index (κ3) is 43.8. The van der Waals surface area contributed by atoms with Crippen molar-refractivity contribution < 1.29 is 17.5 Å². The van der Waals surface area contributed by atoms with E-state index in [-0.39, 0.29) is 0 Å². The molecule has 0 aliphatic rings. The van der Waals surface area contributed by atoms with Crippen LogP contribution in [0.5, 0.6) is 0 Å². The minimum atomic E-state index is -4.67. The SMILES string of the molecule is CCCCCCCCCCCCCC.CCN(CC)CC.O=S(=O)(O)O. The van der Waals surface area contributed by atoms with Crippen molar-refractivity contribution in [2.45, 2.75) is 112 Å². The van der Waals surface area contributed by atoms with Crippen LogP contribution in [-0.2, 0) is 10.4 Å². The van der Waals surface area contributed by atoms with Gasteiger partial charge in [-0.15, -0.1) is 0 Å². The predicted molar refractivity (Wildman–Crippen MR) is 114 cm³/mol. The Morgan fingerprint density at radius 3 is 0.846 bits per heavy atom. The number of hydrogen-bond donors (Lipinski definition) is 2. The molecule has 0 saturated heterocycles. The van der Waals surface area contributed by atoms with E-state index >= 15 is 0 Å². The topological polar surface area (TPSA) is 77.8 Å². The fourth-order valence-corrected chi connectivity index (χ4v) is 2.59. The summed E-state index contributed by atoms with van der Waals surface area (Å²) in [5, 5.41) is 0. The molecule has 0 aliphatic heterocycles. The van der Waals surface area contributed by atoms with E-state index in [1.54, 1.807) is 0 Å². The quantitative estimate of drug-likeness (QED) is 0.262. The summed E-state index contributed by atoms with van der Waals surface area (Å²) < 4.78 is 31.6. The lowest BCUT2D eigenvalue weighted by molar-refractivity contribution is 0.321. The second kappa shape index (κ2) is 24.8. The normalized spacial score (nSPS) is 10.8. The average Bonchev–Trinajstić information content (AvgIpc) is 2.57. The zero-order chi connectivity index (χ0) is 20.7. The highest BCUT2D eigenvalue weighted by Gasteiger charge is 1.92. The number of nitrogens with zero attached hydrogens (tertiary/aromatic N) is 1. The molecule has 0 aliphatic carbocycles. The first kappa shape index (κ1) is 30.6. The second-order valence-electron chi connectivity index (χ2n) is 6.60. The summed E-state index contributed by atoms with van der Waals surface area (Å²) in [5.41, 5.74) is 0. The first-order valence-electron chi connectivity index (χ1n) is 10.7. The lowest BCUT2D eigenvalue weighted by atomic mass is 10.1. The Morgan fingerprint density at radius 2 is 0.731 bits per heavy atom. The van der Waals surface area contributed by atoms with Crippen LogP contribution >= 0.6 is 0 Å². The molecule has 5 nitrogen and oxygen atoms in total. The molecule has 0 atom stereocenters. The molecule has 0 radical (unpaired) electrons. The molecule has 162 valence electrons. The van der Waals surface area contributed by atoms with Crippen LogP contribution in [0.15, 0.2) is 0 Å². The van der Waals surface area contributed by atoms with Crippen LogP contribution in [0.1, 0.15) is 112 Å². The van der Waals surface area contributed by atoms with Gasteiger partial charge in [-0.05, 0) is 19.6 Å². The molecule has 0 rings (SSSR count). The molecule has 0 aromatic rings. The van der Waals surface area contributed by atoms with Crippen molar-refractivity contribution in [3.8, 4) is 0 Å².